The molecule has 0 aliphatic heterocycles. The van der Waals surface area contributed by atoms with Gasteiger partial charge in [0, 0.05) is 12.8 Å². The third-order valence-electron chi connectivity index (χ3n) is 2.58. The molecule has 18 heavy (non-hydrogen) atoms. The van der Waals surface area contributed by atoms with Crippen molar-refractivity contribution in [3.8, 4) is 5.69 Å². The largest absolute Gasteiger partial charge is 0.324 e. The van der Waals surface area contributed by atoms with Gasteiger partial charge in [-0.05, 0) is 22.6 Å². The van der Waals surface area contributed by atoms with Crippen molar-refractivity contribution in [1.29, 1.82) is 0 Å². The maximum absolute atomic E-state index is 11.5. The lowest BCUT2D eigenvalue weighted by molar-refractivity contribution is -0.115. The van der Waals surface area contributed by atoms with Gasteiger partial charge in [0.05, 0.1) is 11.4 Å². The molecule has 94 valence electrons. The van der Waals surface area contributed by atoms with E-state index >= 15 is 0 Å². The molecule has 0 aliphatic carbocycles. The molecule has 0 atom stereocenters. The molecule has 1 aromatic carbocycles. The van der Waals surface area contributed by atoms with E-state index in [9.17, 15) is 4.79 Å². The first-order chi connectivity index (χ1) is 8.76. The van der Waals surface area contributed by atoms with Crippen molar-refractivity contribution >= 4 is 11.6 Å². The Bertz CT molecular complexity index is 549. The summed E-state index contributed by atoms with van der Waals surface area (Å²) in [6.45, 7) is 3.79. The Morgan fingerprint density at radius 1 is 1.33 bits per heavy atom. The van der Waals surface area contributed by atoms with Crippen molar-refractivity contribution in [2.45, 2.75) is 26.7 Å². The lowest BCUT2D eigenvalue weighted by atomic mass is 10.2. The van der Waals surface area contributed by atoms with Crippen molar-refractivity contribution in [3.63, 3.8) is 0 Å². The summed E-state index contributed by atoms with van der Waals surface area (Å²) >= 11 is 0. The molecular weight excluding hydrogens is 230 g/mol. The van der Waals surface area contributed by atoms with Gasteiger partial charge in [-0.1, -0.05) is 26.0 Å². The second-order valence-electron chi connectivity index (χ2n) is 3.78. The van der Waals surface area contributed by atoms with Gasteiger partial charge in [0.25, 0.3) is 0 Å². The Morgan fingerprint density at radius 3 is 2.83 bits per heavy atom. The summed E-state index contributed by atoms with van der Waals surface area (Å²) in [7, 11) is 0. The van der Waals surface area contributed by atoms with Crippen LogP contribution in [0, 0.1) is 0 Å². The number of para-hydroxylation sites is 2. The number of carbonyl (C=O) groups is 1. The van der Waals surface area contributed by atoms with E-state index in [0.29, 0.717) is 12.1 Å². The van der Waals surface area contributed by atoms with Gasteiger partial charge < -0.3 is 5.32 Å². The first kappa shape index (κ1) is 12.2. The SMILES string of the molecule is CCC(=O)Nc1ccccc1-n1nnnc1CC. The number of amides is 1. The number of hydrogen-bond donors (Lipinski definition) is 1. The Labute approximate surface area is 105 Å². The molecule has 6 heteroatoms. The van der Waals surface area contributed by atoms with Crippen molar-refractivity contribution in [1.82, 2.24) is 20.2 Å². The number of hydrogen-bond acceptors (Lipinski definition) is 4. The monoisotopic (exact) mass is 245 g/mol. The number of anilines is 1. The second-order valence-corrected chi connectivity index (χ2v) is 3.78. The van der Waals surface area contributed by atoms with Crippen LogP contribution in [-0.4, -0.2) is 26.1 Å². The molecule has 6 nitrogen and oxygen atoms in total. The summed E-state index contributed by atoms with van der Waals surface area (Å²) in [5, 5.41) is 14.4. The predicted molar refractivity (Wildman–Crippen MR) is 67.5 cm³/mol. The van der Waals surface area contributed by atoms with E-state index in [1.54, 1.807) is 4.68 Å². The molecule has 1 heterocycles. The fraction of sp³-hybridized carbons (Fsp3) is 0.333. The van der Waals surface area contributed by atoms with Crippen LogP contribution in [0.15, 0.2) is 24.3 Å². The summed E-state index contributed by atoms with van der Waals surface area (Å²) < 4.78 is 1.64. The standard InChI is InChI=1S/C12H15N5O/c1-3-11-14-15-16-17(11)10-8-6-5-7-9(10)13-12(18)4-2/h5-8H,3-4H2,1-2H3,(H,13,18). The molecule has 1 aromatic heterocycles. The van der Waals surface area contributed by atoms with Gasteiger partial charge in [-0.15, -0.1) is 5.10 Å². The van der Waals surface area contributed by atoms with Crippen molar-refractivity contribution in [2.24, 2.45) is 0 Å². The van der Waals surface area contributed by atoms with Gasteiger partial charge in [-0.3, -0.25) is 4.79 Å². The first-order valence-electron chi connectivity index (χ1n) is 5.92. The third-order valence-corrected chi connectivity index (χ3v) is 2.58. The quantitative estimate of drug-likeness (QED) is 0.887. The van der Waals surface area contributed by atoms with Gasteiger partial charge in [-0.2, -0.15) is 4.68 Å². The molecule has 0 bridgehead atoms. The van der Waals surface area contributed by atoms with Gasteiger partial charge >= 0.3 is 0 Å². The van der Waals surface area contributed by atoms with E-state index in [0.717, 1.165) is 17.9 Å². The maximum Gasteiger partial charge on any atom is 0.224 e. The highest BCUT2D eigenvalue weighted by molar-refractivity contribution is 5.92. The Hall–Kier alpha value is -2.24. The highest BCUT2D eigenvalue weighted by Gasteiger charge is 2.11. The van der Waals surface area contributed by atoms with Crippen molar-refractivity contribution < 1.29 is 4.79 Å². The summed E-state index contributed by atoms with van der Waals surface area (Å²) in [6.07, 6.45) is 1.16. The van der Waals surface area contributed by atoms with Gasteiger partial charge in [0.15, 0.2) is 5.82 Å². The molecule has 0 saturated carbocycles. The smallest absolute Gasteiger partial charge is 0.224 e. The zero-order valence-corrected chi connectivity index (χ0v) is 10.4. The van der Waals surface area contributed by atoms with Gasteiger partial charge in [0.1, 0.15) is 0 Å². The van der Waals surface area contributed by atoms with Crippen LogP contribution in [0.5, 0.6) is 0 Å². The fourth-order valence-electron chi connectivity index (χ4n) is 1.62. The van der Waals surface area contributed by atoms with E-state index in [1.165, 1.54) is 0 Å². The number of tetrazole rings is 1. The molecule has 0 spiro atoms. The van der Waals surface area contributed by atoms with Crippen LogP contribution in [0.3, 0.4) is 0 Å². The second kappa shape index (κ2) is 5.39. The third kappa shape index (κ3) is 2.37. The van der Waals surface area contributed by atoms with Gasteiger partial charge in [-0.25, -0.2) is 0 Å². The molecule has 0 radical (unpaired) electrons. The fourth-order valence-corrected chi connectivity index (χ4v) is 1.62. The molecule has 0 aliphatic rings. The maximum atomic E-state index is 11.5. The number of carbonyl (C=O) groups excluding carboxylic acids is 1. The number of rotatable bonds is 4. The van der Waals surface area contributed by atoms with Crippen LogP contribution in [0.4, 0.5) is 5.69 Å². The average molecular weight is 245 g/mol. The molecular formula is C12H15N5O. The van der Waals surface area contributed by atoms with Crippen molar-refractivity contribution in [3.05, 3.63) is 30.1 Å². The van der Waals surface area contributed by atoms with Crippen molar-refractivity contribution in [2.75, 3.05) is 5.32 Å². The van der Waals surface area contributed by atoms with Gasteiger partial charge in [0.2, 0.25) is 5.91 Å². The summed E-state index contributed by atoms with van der Waals surface area (Å²) in [5.74, 6) is 0.724. The highest BCUT2D eigenvalue weighted by Crippen LogP contribution is 2.20. The van der Waals surface area contributed by atoms with Crippen LogP contribution in [-0.2, 0) is 11.2 Å². The topological polar surface area (TPSA) is 72.7 Å². The zero-order valence-electron chi connectivity index (χ0n) is 10.4. The number of nitrogens with zero attached hydrogens (tertiary/aromatic N) is 4. The van der Waals surface area contributed by atoms with E-state index < -0.39 is 0 Å². The number of aromatic nitrogens is 4. The van der Waals surface area contributed by atoms with E-state index in [-0.39, 0.29) is 5.91 Å². The lowest BCUT2D eigenvalue weighted by Crippen LogP contribution is -2.13. The molecule has 1 N–H and O–H groups in total. The zero-order chi connectivity index (χ0) is 13.0. The normalized spacial score (nSPS) is 10.3. The minimum atomic E-state index is -0.0337. The minimum absolute atomic E-state index is 0.0337. The predicted octanol–water partition coefficient (Wildman–Crippen LogP) is 1.57. The summed E-state index contributed by atoms with van der Waals surface area (Å²) in [6, 6.07) is 7.47. The number of benzene rings is 1. The Balaban J connectivity index is 2.41. The molecule has 2 aromatic rings. The van der Waals surface area contributed by atoms with Crippen LogP contribution >= 0.6 is 0 Å². The summed E-state index contributed by atoms with van der Waals surface area (Å²) in [4.78, 5) is 11.5. The first-order valence-corrected chi connectivity index (χ1v) is 5.92. The Morgan fingerprint density at radius 2 is 2.11 bits per heavy atom. The Kier molecular flexibility index (Phi) is 3.66. The average Bonchev–Trinajstić information content (AvgIpc) is 2.87. The molecule has 0 fully saturated rings. The van der Waals surface area contributed by atoms with Crippen LogP contribution in [0.2, 0.25) is 0 Å². The minimum Gasteiger partial charge on any atom is -0.324 e. The van der Waals surface area contributed by atoms with E-state index in [4.69, 9.17) is 0 Å². The van der Waals surface area contributed by atoms with Crippen LogP contribution < -0.4 is 5.32 Å². The van der Waals surface area contributed by atoms with Crippen LogP contribution in [0.1, 0.15) is 26.1 Å². The highest BCUT2D eigenvalue weighted by atomic mass is 16.1. The lowest BCUT2D eigenvalue weighted by Gasteiger charge is -2.10. The number of aryl methyl sites for hydroxylation is 1. The molecule has 0 unspecified atom stereocenters. The number of nitrogens with one attached hydrogen (secondary N) is 1. The van der Waals surface area contributed by atoms with E-state index in [1.807, 2.05) is 38.1 Å². The van der Waals surface area contributed by atoms with Crippen LogP contribution in [0.25, 0.3) is 5.69 Å². The summed E-state index contributed by atoms with van der Waals surface area (Å²) in [5.41, 5.74) is 1.49. The molecule has 2 rings (SSSR count). The molecule has 1 amide bonds. The van der Waals surface area contributed by atoms with E-state index in [2.05, 4.69) is 20.8 Å². The molecule has 0 saturated heterocycles.